The molecule has 20 heavy (non-hydrogen) atoms. The molecule has 0 bridgehead atoms. The van der Waals surface area contributed by atoms with E-state index in [1.54, 1.807) is 24.7 Å². The summed E-state index contributed by atoms with van der Waals surface area (Å²) in [6, 6.07) is 2.96. The number of amides is 2. The van der Waals surface area contributed by atoms with Crippen molar-refractivity contribution in [2.45, 2.75) is 25.6 Å². The lowest BCUT2D eigenvalue weighted by Gasteiger charge is -2.16. The third-order valence-electron chi connectivity index (χ3n) is 2.75. The van der Waals surface area contributed by atoms with Gasteiger partial charge in [0.25, 0.3) is 0 Å². The van der Waals surface area contributed by atoms with Crippen LogP contribution in [0.1, 0.15) is 18.8 Å². The number of urea groups is 1. The number of carbonyl (C=O) groups excluding carboxylic acids is 1. The number of aromatic nitrogens is 2. The maximum absolute atomic E-state index is 11.7. The number of hydrogen-bond donors (Lipinski definition) is 3. The van der Waals surface area contributed by atoms with Gasteiger partial charge in [0, 0.05) is 25.0 Å². The lowest BCUT2D eigenvalue weighted by Crippen LogP contribution is -2.43. The van der Waals surface area contributed by atoms with Crippen molar-refractivity contribution in [3.8, 4) is 0 Å². The molecule has 2 rings (SSSR count). The van der Waals surface area contributed by atoms with Crippen molar-refractivity contribution in [1.82, 2.24) is 20.2 Å². The van der Waals surface area contributed by atoms with Crippen LogP contribution >= 0.6 is 0 Å². The van der Waals surface area contributed by atoms with Crippen LogP contribution in [-0.2, 0) is 6.54 Å². The monoisotopic (exact) mass is 278 g/mol. The topological polar surface area (TPSA) is 92.3 Å². The van der Waals surface area contributed by atoms with Gasteiger partial charge in [-0.25, -0.2) is 9.78 Å². The van der Waals surface area contributed by atoms with E-state index in [4.69, 9.17) is 4.42 Å². The Morgan fingerprint density at radius 2 is 2.45 bits per heavy atom. The maximum Gasteiger partial charge on any atom is 0.315 e. The van der Waals surface area contributed by atoms with Crippen LogP contribution in [0.3, 0.4) is 0 Å². The SMILES string of the molecule is CC(Cn1ccnc1)NC(=O)NCC(O)c1ccco1. The van der Waals surface area contributed by atoms with E-state index >= 15 is 0 Å². The maximum atomic E-state index is 11.7. The largest absolute Gasteiger partial charge is 0.467 e. The first-order valence-electron chi connectivity index (χ1n) is 6.36. The molecular formula is C13H18N4O3. The second kappa shape index (κ2) is 6.76. The minimum atomic E-state index is -0.847. The van der Waals surface area contributed by atoms with Crippen molar-refractivity contribution in [2.75, 3.05) is 6.54 Å². The highest BCUT2D eigenvalue weighted by Crippen LogP contribution is 2.11. The smallest absolute Gasteiger partial charge is 0.315 e. The zero-order valence-corrected chi connectivity index (χ0v) is 11.2. The number of aliphatic hydroxyl groups is 1. The Morgan fingerprint density at radius 1 is 1.60 bits per heavy atom. The van der Waals surface area contributed by atoms with Gasteiger partial charge < -0.3 is 24.7 Å². The summed E-state index contributed by atoms with van der Waals surface area (Å²) in [6.07, 6.45) is 5.84. The summed E-state index contributed by atoms with van der Waals surface area (Å²) < 4.78 is 6.92. The number of furan rings is 1. The van der Waals surface area contributed by atoms with E-state index in [0.29, 0.717) is 12.3 Å². The van der Waals surface area contributed by atoms with E-state index in [1.165, 1.54) is 6.26 Å². The minimum absolute atomic E-state index is 0.0510. The first-order valence-corrected chi connectivity index (χ1v) is 6.36. The predicted octanol–water partition coefficient (Wildman–Crippen LogP) is 0.897. The van der Waals surface area contributed by atoms with Crippen molar-refractivity contribution in [3.05, 3.63) is 42.9 Å². The quantitative estimate of drug-likeness (QED) is 0.732. The van der Waals surface area contributed by atoms with Crippen molar-refractivity contribution >= 4 is 6.03 Å². The molecule has 2 aromatic heterocycles. The zero-order chi connectivity index (χ0) is 14.4. The Labute approximate surface area is 116 Å². The van der Waals surface area contributed by atoms with Crippen LogP contribution in [0.2, 0.25) is 0 Å². The summed E-state index contributed by atoms with van der Waals surface area (Å²) >= 11 is 0. The van der Waals surface area contributed by atoms with Crippen molar-refractivity contribution in [3.63, 3.8) is 0 Å². The number of carbonyl (C=O) groups is 1. The van der Waals surface area contributed by atoms with E-state index in [1.807, 2.05) is 17.7 Å². The number of imidazole rings is 1. The predicted molar refractivity (Wildman–Crippen MR) is 71.9 cm³/mol. The summed E-state index contributed by atoms with van der Waals surface area (Å²) in [4.78, 5) is 15.6. The highest BCUT2D eigenvalue weighted by atomic mass is 16.4. The second-order valence-corrected chi connectivity index (χ2v) is 4.55. The standard InChI is InChI=1S/C13H18N4O3/c1-10(8-17-5-4-14-9-17)16-13(19)15-7-11(18)12-3-2-6-20-12/h2-6,9-11,18H,7-8H2,1H3,(H2,15,16,19). The van der Waals surface area contributed by atoms with Gasteiger partial charge in [0.2, 0.25) is 0 Å². The van der Waals surface area contributed by atoms with Crippen LogP contribution in [-0.4, -0.2) is 33.3 Å². The van der Waals surface area contributed by atoms with Gasteiger partial charge in [-0.05, 0) is 19.1 Å². The molecule has 0 fully saturated rings. The van der Waals surface area contributed by atoms with Gasteiger partial charge in [0.1, 0.15) is 11.9 Å². The average molecular weight is 278 g/mol. The molecule has 0 aliphatic rings. The zero-order valence-electron chi connectivity index (χ0n) is 11.2. The van der Waals surface area contributed by atoms with Crippen LogP contribution in [0.15, 0.2) is 41.5 Å². The summed E-state index contributed by atoms with van der Waals surface area (Å²) in [6.45, 7) is 2.62. The van der Waals surface area contributed by atoms with Crippen LogP contribution < -0.4 is 10.6 Å². The Kier molecular flexibility index (Phi) is 4.78. The van der Waals surface area contributed by atoms with Crippen LogP contribution in [0.25, 0.3) is 0 Å². The van der Waals surface area contributed by atoms with Gasteiger partial charge in [-0.3, -0.25) is 0 Å². The molecular weight excluding hydrogens is 260 g/mol. The molecule has 7 nitrogen and oxygen atoms in total. The summed E-state index contributed by atoms with van der Waals surface area (Å²) in [5.41, 5.74) is 0. The Morgan fingerprint density at radius 3 is 3.10 bits per heavy atom. The molecule has 3 N–H and O–H groups in total. The molecule has 2 aromatic rings. The fourth-order valence-electron chi connectivity index (χ4n) is 1.80. The highest BCUT2D eigenvalue weighted by molar-refractivity contribution is 5.74. The Balaban J connectivity index is 1.69. The Bertz CT molecular complexity index is 510. The highest BCUT2D eigenvalue weighted by Gasteiger charge is 2.13. The molecule has 0 saturated carbocycles. The molecule has 0 saturated heterocycles. The van der Waals surface area contributed by atoms with Crippen molar-refractivity contribution in [1.29, 1.82) is 0 Å². The first kappa shape index (κ1) is 14.1. The molecule has 0 spiro atoms. The third kappa shape index (κ3) is 4.13. The van der Waals surface area contributed by atoms with E-state index in [0.717, 1.165) is 0 Å². The number of aliphatic hydroxyl groups excluding tert-OH is 1. The van der Waals surface area contributed by atoms with E-state index in [-0.39, 0.29) is 18.6 Å². The Hall–Kier alpha value is -2.28. The lowest BCUT2D eigenvalue weighted by atomic mass is 10.3. The molecule has 108 valence electrons. The van der Waals surface area contributed by atoms with Gasteiger partial charge >= 0.3 is 6.03 Å². The van der Waals surface area contributed by atoms with Gasteiger partial charge in [-0.15, -0.1) is 0 Å². The second-order valence-electron chi connectivity index (χ2n) is 4.55. The molecule has 0 aliphatic heterocycles. The normalized spacial score (nSPS) is 13.7. The summed E-state index contributed by atoms with van der Waals surface area (Å²) in [5.74, 6) is 0.428. The van der Waals surface area contributed by atoms with Crippen molar-refractivity contribution < 1.29 is 14.3 Å². The summed E-state index contributed by atoms with van der Waals surface area (Å²) in [7, 11) is 0. The van der Waals surface area contributed by atoms with Crippen LogP contribution in [0, 0.1) is 0 Å². The molecule has 2 atom stereocenters. The third-order valence-corrected chi connectivity index (χ3v) is 2.75. The lowest BCUT2D eigenvalue weighted by molar-refractivity contribution is 0.147. The minimum Gasteiger partial charge on any atom is -0.467 e. The number of rotatable bonds is 6. The van der Waals surface area contributed by atoms with Crippen LogP contribution in [0.5, 0.6) is 0 Å². The van der Waals surface area contributed by atoms with E-state index in [2.05, 4.69) is 15.6 Å². The first-order chi connectivity index (χ1) is 9.65. The fourth-order valence-corrected chi connectivity index (χ4v) is 1.80. The number of nitrogens with zero attached hydrogens (tertiary/aromatic N) is 2. The van der Waals surface area contributed by atoms with Gasteiger partial charge in [0.15, 0.2) is 0 Å². The number of hydrogen-bond acceptors (Lipinski definition) is 4. The molecule has 0 aromatic carbocycles. The van der Waals surface area contributed by atoms with E-state index < -0.39 is 6.10 Å². The van der Waals surface area contributed by atoms with Gasteiger partial charge in [0.05, 0.1) is 19.1 Å². The van der Waals surface area contributed by atoms with Crippen molar-refractivity contribution in [2.24, 2.45) is 0 Å². The van der Waals surface area contributed by atoms with Gasteiger partial charge in [-0.1, -0.05) is 0 Å². The van der Waals surface area contributed by atoms with E-state index in [9.17, 15) is 9.90 Å². The number of nitrogens with one attached hydrogen (secondary N) is 2. The van der Waals surface area contributed by atoms with Crippen LogP contribution in [0.4, 0.5) is 4.79 Å². The molecule has 2 heterocycles. The molecule has 0 radical (unpaired) electrons. The average Bonchev–Trinajstić information content (AvgIpc) is 3.08. The molecule has 2 amide bonds. The molecule has 7 heteroatoms. The summed E-state index contributed by atoms with van der Waals surface area (Å²) in [5, 5.41) is 15.1. The molecule has 2 unspecified atom stereocenters. The van der Waals surface area contributed by atoms with Gasteiger partial charge in [-0.2, -0.15) is 0 Å². The fraction of sp³-hybridized carbons (Fsp3) is 0.385. The molecule has 0 aliphatic carbocycles.